The van der Waals surface area contributed by atoms with Gasteiger partial charge in [-0.2, -0.15) is 13.2 Å². The molecule has 1 aliphatic carbocycles. The van der Waals surface area contributed by atoms with Crippen LogP contribution in [0.2, 0.25) is 0 Å². The highest BCUT2D eigenvalue weighted by Gasteiger charge is 2.36. The average Bonchev–Trinajstić information content (AvgIpc) is 2.32. The van der Waals surface area contributed by atoms with E-state index in [0.717, 1.165) is 18.9 Å². The second-order valence-corrected chi connectivity index (χ2v) is 4.58. The van der Waals surface area contributed by atoms with E-state index in [1.54, 1.807) is 7.11 Å². The summed E-state index contributed by atoms with van der Waals surface area (Å²) in [5.74, 6) is 0.196. The van der Waals surface area contributed by atoms with E-state index in [0.29, 0.717) is 0 Å². The lowest BCUT2D eigenvalue weighted by Crippen LogP contribution is -2.40. The van der Waals surface area contributed by atoms with Crippen molar-refractivity contribution in [1.29, 1.82) is 0 Å². The Balaban J connectivity index is 2.15. The van der Waals surface area contributed by atoms with Gasteiger partial charge < -0.3 is 14.8 Å². The first-order valence-corrected chi connectivity index (χ1v) is 5.98. The third-order valence-corrected chi connectivity index (χ3v) is 3.32. The molecule has 1 N–H and O–H groups in total. The number of methoxy groups -OCH3 is 2. The van der Waals surface area contributed by atoms with Crippen LogP contribution in [-0.2, 0) is 10.9 Å². The van der Waals surface area contributed by atoms with Crippen LogP contribution < -0.4 is 10.1 Å². The van der Waals surface area contributed by atoms with Gasteiger partial charge >= 0.3 is 6.18 Å². The number of nitrogens with one attached hydrogen (secondary N) is 1. The summed E-state index contributed by atoms with van der Waals surface area (Å²) >= 11 is 0. The summed E-state index contributed by atoms with van der Waals surface area (Å²) in [6.45, 7) is 0. The van der Waals surface area contributed by atoms with Crippen molar-refractivity contribution >= 4 is 5.69 Å². The van der Waals surface area contributed by atoms with Gasteiger partial charge in [0.25, 0.3) is 0 Å². The molecule has 0 radical (unpaired) electrons. The highest BCUT2D eigenvalue weighted by atomic mass is 19.4. The molecule has 0 atom stereocenters. The predicted octanol–water partition coefficient (Wildman–Crippen LogP) is 3.30. The molecule has 6 heteroatoms. The fourth-order valence-corrected chi connectivity index (χ4v) is 2.11. The second-order valence-electron chi connectivity index (χ2n) is 4.58. The highest BCUT2D eigenvalue weighted by Crippen LogP contribution is 2.38. The maximum Gasteiger partial charge on any atom is 0.418 e. The molecule has 2 rings (SSSR count). The Morgan fingerprint density at radius 3 is 2.42 bits per heavy atom. The Labute approximate surface area is 109 Å². The minimum Gasteiger partial charge on any atom is -0.497 e. The van der Waals surface area contributed by atoms with E-state index in [1.807, 2.05) is 0 Å². The normalized spacial score (nSPS) is 22.8. The maximum absolute atomic E-state index is 13.0. The first-order valence-electron chi connectivity index (χ1n) is 5.98. The molecular formula is C13H16F3NO2. The number of halogens is 3. The van der Waals surface area contributed by atoms with Crippen molar-refractivity contribution in [3.8, 4) is 5.75 Å². The molecule has 1 saturated carbocycles. The maximum atomic E-state index is 13.0. The van der Waals surface area contributed by atoms with Gasteiger partial charge in [-0.3, -0.25) is 0 Å². The zero-order valence-corrected chi connectivity index (χ0v) is 10.8. The van der Waals surface area contributed by atoms with Crippen LogP contribution in [0.3, 0.4) is 0 Å². The summed E-state index contributed by atoms with van der Waals surface area (Å²) < 4.78 is 48.8. The summed E-state index contributed by atoms with van der Waals surface area (Å²) in [6, 6.07) is 3.96. The van der Waals surface area contributed by atoms with Gasteiger partial charge in [-0.05, 0) is 31.0 Å². The van der Waals surface area contributed by atoms with Crippen LogP contribution in [0.5, 0.6) is 5.75 Å². The van der Waals surface area contributed by atoms with Gasteiger partial charge in [0.1, 0.15) is 5.75 Å². The van der Waals surface area contributed by atoms with Crippen molar-refractivity contribution in [3.63, 3.8) is 0 Å². The van der Waals surface area contributed by atoms with E-state index in [2.05, 4.69) is 5.32 Å². The van der Waals surface area contributed by atoms with Crippen molar-refractivity contribution in [1.82, 2.24) is 0 Å². The molecule has 3 nitrogen and oxygen atoms in total. The van der Waals surface area contributed by atoms with Crippen LogP contribution in [-0.4, -0.2) is 26.4 Å². The Bertz CT molecular complexity index is 442. The Morgan fingerprint density at radius 1 is 1.21 bits per heavy atom. The lowest BCUT2D eigenvalue weighted by Gasteiger charge is -2.35. The van der Waals surface area contributed by atoms with Gasteiger partial charge in [-0.15, -0.1) is 0 Å². The number of hydrogen-bond acceptors (Lipinski definition) is 3. The van der Waals surface area contributed by atoms with Crippen molar-refractivity contribution in [2.45, 2.75) is 31.2 Å². The molecular weight excluding hydrogens is 259 g/mol. The van der Waals surface area contributed by atoms with Gasteiger partial charge in [0.05, 0.1) is 18.8 Å². The van der Waals surface area contributed by atoms with E-state index in [4.69, 9.17) is 9.47 Å². The molecule has 0 heterocycles. The van der Waals surface area contributed by atoms with Crippen molar-refractivity contribution < 1.29 is 22.6 Å². The zero-order chi connectivity index (χ0) is 14.0. The van der Waals surface area contributed by atoms with E-state index in [9.17, 15) is 13.2 Å². The number of benzene rings is 1. The lowest BCUT2D eigenvalue weighted by molar-refractivity contribution is -0.137. The third kappa shape index (κ3) is 3.12. The number of alkyl halides is 3. The molecule has 19 heavy (non-hydrogen) atoms. The van der Waals surface area contributed by atoms with Gasteiger partial charge in [0.2, 0.25) is 0 Å². The van der Waals surface area contributed by atoms with Crippen LogP contribution in [0.1, 0.15) is 18.4 Å². The minimum absolute atomic E-state index is 0.0273. The SMILES string of the molecule is COc1ccc(NC2CC(OC)C2)c(C(F)(F)F)c1. The molecule has 0 amide bonds. The molecule has 0 saturated heterocycles. The van der Waals surface area contributed by atoms with Crippen LogP contribution in [0.4, 0.5) is 18.9 Å². The number of ether oxygens (including phenoxy) is 2. The Morgan fingerprint density at radius 2 is 1.89 bits per heavy atom. The monoisotopic (exact) mass is 275 g/mol. The molecule has 0 bridgehead atoms. The number of anilines is 1. The van der Waals surface area contributed by atoms with Crippen molar-refractivity contribution in [2.75, 3.05) is 19.5 Å². The van der Waals surface area contributed by atoms with Gasteiger partial charge in [-0.25, -0.2) is 0 Å². The molecule has 0 aromatic heterocycles. The molecule has 0 unspecified atom stereocenters. The quantitative estimate of drug-likeness (QED) is 0.914. The van der Waals surface area contributed by atoms with Crippen LogP contribution in [0, 0.1) is 0 Å². The van der Waals surface area contributed by atoms with E-state index < -0.39 is 11.7 Å². The topological polar surface area (TPSA) is 30.5 Å². The Hall–Kier alpha value is -1.43. The van der Waals surface area contributed by atoms with E-state index in [1.165, 1.54) is 19.2 Å². The predicted molar refractivity (Wildman–Crippen MR) is 65.4 cm³/mol. The molecule has 1 aliphatic rings. The van der Waals surface area contributed by atoms with Crippen LogP contribution in [0.15, 0.2) is 18.2 Å². The van der Waals surface area contributed by atoms with E-state index in [-0.39, 0.29) is 23.6 Å². The number of rotatable bonds is 4. The molecule has 1 aromatic carbocycles. The standard InChI is InChI=1S/C13H16F3NO2/c1-18-9-3-4-12(11(7-9)13(14,15)16)17-8-5-10(6-8)19-2/h3-4,7-8,10,17H,5-6H2,1-2H3. The van der Waals surface area contributed by atoms with Gasteiger partial charge in [0.15, 0.2) is 0 Å². The number of hydrogen-bond donors (Lipinski definition) is 1. The summed E-state index contributed by atoms with van der Waals surface area (Å²) in [5, 5.41) is 2.91. The molecule has 0 aliphatic heterocycles. The van der Waals surface area contributed by atoms with Gasteiger partial charge in [0, 0.05) is 18.8 Å². The molecule has 0 spiro atoms. The molecule has 1 fully saturated rings. The fourth-order valence-electron chi connectivity index (χ4n) is 2.11. The summed E-state index contributed by atoms with van der Waals surface area (Å²) in [5.41, 5.74) is -0.611. The largest absolute Gasteiger partial charge is 0.497 e. The fraction of sp³-hybridized carbons (Fsp3) is 0.538. The average molecular weight is 275 g/mol. The molecule has 1 aromatic rings. The smallest absolute Gasteiger partial charge is 0.418 e. The van der Waals surface area contributed by atoms with Crippen LogP contribution >= 0.6 is 0 Å². The van der Waals surface area contributed by atoms with E-state index >= 15 is 0 Å². The summed E-state index contributed by atoms with van der Waals surface area (Å²) in [6.07, 6.45) is -2.81. The molecule has 106 valence electrons. The van der Waals surface area contributed by atoms with Crippen molar-refractivity contribution in [2.24, 2.45) is 0 Å². The Kier molecular flexibility index (Phi) is 3.89. The third-order valence-electron chi connectivity index (χ3n) is 3.32. The zero-order valence-electron chi connectivity index (χ0n) is 10.8. The first kappa shape index (κ1) is 14.0. The summed E-state index contributed by atoms with van der Waals surface area (Å²) in [7, 11) is 2.95. The first-order chi connectivity index (χ1) is 8.94. The minimum atomic E-state index is -4.40. The lowest BCUT2D eigenvalue weighted by atomic mass is 9.89. The van der Waals surface area contributed by atoms with Gasteiger partial charge in [-0.1, -0.05) is 0 Å². The summed E-state index contributed by atoms with van der Waals surface area (Å²) in [4.78, 5) is 0. The van der Waals surface area contributed by atoms with Crippen molar-refractivity contribution in [3.05, 3.63) is 23.8 Å². The highest BCUT2D eigenvalue weighted by molar-refractivity contribution is 5.56. The second kappa shape index (κ2) is 5.28. The van der Waals surface area contributed by atoms with Crippen LogP contribution in [0.25, 0.3) is 0 Å².